The highest BCUT2D eigenvalue weighted by Crippen LogP contribution is 2.47. The molecule has 35 heavy (non-hydrogen) atoms. The summed E-state index contributed by atoms with van der Waals surface area (Å²) in [6, 6.07) is 15.2. The Hall–Kier alpha value is -2.58. The fourth-order valence-corrected chi connectivity index (χ4v) is 6.10. The van der Waals surface area contributed by atoms with Crippen molar-refractivity contribution in [2.45, 2.75) is 49.4 Å². The maximum atomic E-state index is 13.0. The molecule has 1 N–H and O–H groups in total. The number of carbonyl (C=O) groups excluding carboxylic acids is 1. The molecule has 0 bridgehead atoms. The molecule has 3 fully saturated rings. The lowest BCUT2D eigenvalue weighted by Crippen LogP contribution is -2.55. The molecule has 0 aromatic heterocycles. The van der Waals surface area contributed by atoms with Crippen molar-refractivity contribution in [3.05, 3.63) is 65.7 Å². The van der Waals surface area contributed by atoms with Gasteiger partial charge in [-0.05, 0) is 74.9 Å². The van der Waals surface area contributed by atoms with E-state index in [9.17, 15) is 18.0 Å². The first-order valence-corrected chi connectivity index (χ1v) is 12.3. The number of benzene rings is 2. The van der Waals surface area contributed by atoms with E-state index in [-0.39, 0.29) is 17.1 Å². The van der Waals surface area contributed by atoms with Crippen LogP contribution in [-0.4, -0.2) is 49.8 Å². The molecule has 5 nitrogen and oxygen atoms in total. The zero-order chi connectivity index (χ0) is 24.7. The third kappa shape index (κ3) is 4.66. The van der Waals surface area contributed by atoms with Crippen LogP contribution in [0.2, 0.25) is 0 Å². The van der Waals surface area contributed by atoms with Crippen LogP contribution in [0.5, 0.6) is 0 Å². The van der Waals surface area contributed by atoms with Gasteiger partial charge in [-0.15, -0.1) is 0 Å². The van der Waals surface area contributed by atoms with Crippen molar-refractivity contribution in [1.29, 1.82) is 0 Å². The summed E-state index contributed by atoms with van der Waals surface area (Å²) in [5, 5.41) is 3.19. The Bertz CT molecular complexity index is 1030. The van der Waals surface area contributed by atoms with Gasteiger partial charge in [0.15, 0.2) is 0 Å². The van der Waals surface area contributed by atoms with E-state index in [0.717, 1.165) is 64.0 Å². The summed E-state index contributed by atoms with van der Waals surface area (Å²) in [5.74, 6) is 0.526. The average molecular weight is 488 g/mol. The monoisotopic (exact) mass is 487 g/mol. The van der Waals surface area contributed by atoms with Crippen LogP contribution >= 0.6 is 0 Å². The van der Waals surface area contributed by atoms with Gasteiger partial charge in [-0.2, -0.15) is 13.2 Å². The molecule has 1 aliphatic carbocycles. The molecule has 5 rings (SSSR count). The smallest absolute Gasteiger partial charge is 0.381 e. The summed E-state index contributed by atoms with van der Waals surface area (Å²) >= 11 is 0. The normalized spacial score (nSPS) is 29.2. The molecule has 188 valence electrons. The van der Waals surface area contributed by atoms with E-state index in [1.54, 1.807) is 4.90 Å². The third-order valence-corrected chi connectivity index (χ3v) is 8.22. The summed E-state index contributed by atoms with van der Waals surface area (Å²) in [5.41, 5.74) is 0.569. The second-order valence-corrected chi connectivity index (χ2v) is 10.3. The Labute approximate surface area is 204 Å². The number of anilines is 1. The zero-order valence-corrected chi connectivity index (χ0v) is 20.0. The molecule has 1 spiro atoms. The van der Waals surface area contributed by atoms with Crippen molar-refractivity contribution >= 4 is 11.7 Å². The van der Waals surface area contributed by atoms with Crippen LogP contribution in [0, 0.1) is 5.92 Å². The first-order chi connectivity index (χ1) is 16.7. The first kappa shape index (κ1) is 24.1. The lowest BCUT2D eigenvalue weighted by Gasteiger charge is -2.50. The van der Waals surface area contributed by atoms with Gasteiger partial charge in [0.1, 0.15) is 0 Å². The molecule has 2 heterocycles. The van der Waals surface area contributed by atoms with Crippen molar-refractivity contribution < 1.29 is 22.7 Å². The lowest BCUT2D eigenvalue weighted by atomic mass is 9.68. The second-order valence-electron chi connectivity index (χ2n) is 10.3. The van der Waals surface area contributed by atoms with Gasteiger partial charge in [-0.25, -0.2) is 4.79 Å². The first-order valence-electron chi connectivity index (χ1n) is 12.3. The van der Waals surface area contributed by atoms with Crippen molar-refractivity contribution in [3.63, 3.8) is 0 Å². The standard InChI is InChI=1S/C27H32F3N3O2/c1-32(17-20-11-16-35-18-20)26(21-5-3-2-4-6-21)14-12-25(13-15-26)19-33(24(34)31-25)23-9-7-22(8-10-23)27(28,29)30/h2-10,20H,11-19H2,1H3,(H,31,34)/t20?,25-,26+. The highest BCUT2D eigenvalue weighted by Gasteiger charge is 2.51. The molecular weight excluding hydrogens is 455 g/mol. The molecule has 2 aliphatic heterocycles. The van der Waals surface area contributed by atoms with E-state index in [1.807, 2.05) is 6.07 Å². The van der Waals surface area contributed by atoms with Crippen molar-refractivity contribution in [1.82, 2.24) is 10.2 Å². The molecule has 1 saturated carbocycles. The molecular formula is C27H32F3N3O2. The van der Waals surface area contributed by atoms with Crippen LogP contribution in [0.1, 0.15) is 43.2 Å². The van der Waals surface area contributed by atoms with Crippen LogP contribution in [0.3, 0.4) is 0 Å². The van der Waals surface area contributed by atoms with Gasteiger partial charge in [0.05, 0.1) is 24.3 Å². The summed E-state index contributed by atoms with van der Waals surface area (Å²) < 4.78 is 44.5. The quantitative estimate of drug-likeness (QED) is 0.613. The minimum Gasteiger partial charge on any atom is -0.381 e. The van der Waals surface area contributed by atoms with E-state index in [4.69, 9.17) is 4.74 Å². The van der Waals surface area contributed by atoms with Gasteiger partial charge in [-0.1, -0.05) is 30.3 Å². The summed E-state index contributed by atoms with van der Waals surface area (Å²) in [4.78, 5) is 17.0. The Balaban J connectivity index is 1.33. The fourth-order valence-electron chi connectivity index (χ4n) is 6.10. The number of urea groups is 1. The van der Waals surface area contributed by atoms with Crippen LogP contribution in [0.25, 0.3) is 0 Å². The summed E-state index contributed by atoms with van der Waals surface area (Å²) in [7, 11) is 2.20. The summed E-state index contributed by atoms with van der Waals surface area (Å²) in [6.45, 7) is 3.05. The number of halogens is 3. The Morgan fingerprint density at radius 2 is 1.74 bits per heavy atom. The number of amides is 2. The van der Waals surface area contributed by atoms with E-state index < -0.39 is 11.7 Å². The van der Waals surface area contributed by atoms with Crippen LogP contribution in [0.15, 0.2) is 54.6 Å². The minimum absolute atomic E-state index is 0.123. The number of nitrogens with one attached hydrogen (secondary N) is 1. The Morgan fingerprint density at radius 3 is 2.34 bits per heavy atom. The van der Waals surface area contributed by atoms with Crippen molar-refractivity contribution in [2.75, 3.05) is 38.3 Å². The number of hydrogen-bond donors (Lipinski definition) is 1. The lowest BCUT2D eigenvalue weighted by molar-refractivity contribution is -0.137. The van der Waals surface area contributed by atoms with E-state index in [1.165, 1.54) is 17.7 Å². The van der Waals surface area contributed by atoms with Gasteiger partial charge in [0.2, 0.25) is 0 Å². The van der Waals surface area contributed by atoms with Gasteiger partial charge >= 0.3 is 12.2 Å². The van der Waals surface area contributed by atoms with E-state index in [0.29, 0.717) is 18.2 Å². The average Bonchev–Trinajstić information content (AvgIpc) is 3.47. The fraction of sp³-hybridized carbons (Fsp3) is 0.519. The van der Waals surface area contributed by atoms with E-state index in [2.05, 4.69) is 41.5 Å². The number of alkyl halides is 3. The number of ether oxygens (including phenoxy) is 1. The number of carbonyl (C=O) groups is 1. The topological polar surface area (TPSA) is 44.8 Å². The molecule has 0 radical (unpaired) electrons. The van der Waals surface area contributed by atoms with Gasteiger partial charge in [0, 0.05) is 24.4 Å². The van der Waals surface area contributed by atoms with Crippen molar-refractivity contribution in [3.8, 4) is 0 Å². The number of rotatable bonds is 5. The predicted octanol–water partition coefficient (Wildman–Crippen LogP) is 5.41. The molecule has 2 amide bonds. The predicted molar refractivity (Wildman–Crippen MR) is 128 cm³/mol. The van der Waals surface area contributed by atoms with Crippen LogP contribution in [-0.2, 0) is 16.5 Å². The second kappa shape index (κ2) is 9.13. The van der Waals surface area contributed by atoms with Gasteiger partial charge in [-0.3, -0.25) is 9.80 Å². The van der Waals surface area contributed by atoms with Gasteiger partial charge < -0.3 is 10.1 Å². The SMILES string of the molecule is CN(CC1CCOC1)[C@]1(c2ccccc2)CC[C@]2(CC1)CN(c1ccc(C(F)(F)F)cc1)C(=O)N2. The number of nitrogens with zero attached hydrogens (tertiary/aromatic N) is 2. The third-order valence-electron chi connectivity index (χ3n) is 8.22. The molecule has 1 atom stereocenters. The highest BCUT2D eigenvalue weighted by molar-refractivity contribution is 5.95. The molecule has 1 unspecified atom stereocenters. The zero-order valence-electron chi connectivity index (χ0n) is 20.0. The molecule has 2 aromatic rings. The molecule has 8 heteroatoms. The van der Waals surface area contributed by atoms with E-state index >= 15 is 0 Å². The summed E-state index contributed by atoms with van der Waals surface area (Å²) in [6.07, 6.45) is 0.0715. The Morgan fingerprint density at radius 1 is 1.06 bits per heavy atom. The molecule has 2 saturated heterocycles. The Kier molecular flexibility index (Phi) is 6.30. The largest absolute Gasteiger partial charge is 0.416 e. The van der Waals surface area contributed by atoms with Crippen molar-refractivity contribution in [2.24, 2.45) is 5.92 Å². The number of hydrogen-bond acceptors (Lipinski definition) is 3. The molecule has 2 aromatic carbocycles. The van der Waals surface area contributed by atoms with Crippen LogP contribution in [0.4, 0.5) is 23.7 Å². The van der Waals surface area contributed by atoms with Gasteiger partial charge in [0.25, 0.3) is 0 Å². The molecule has 3 aliphatic rings. The van der Waals surface area contributed by atoms with Crippen LogP contribution < -0.4 is 10.2 Å². The maximum absolute atomic E-state index is 13.0. The highest BCUT2D eigenvalue weighted by atomic mass is 19.4. The maximum Gasteiger partial charge on any atom is 0.416 e. The minimum atomic E-state index is -4.40.